The van der Waals surface area contributed by atoms with Crippen LogP contribution < -0.4 is 5.32 Å². The van der Waals surface area contributed by atoms with E-state index < -0.39 is 0 Å². The van der Waals surface area contributed by atoms with Gasteiger partial charge in [0.15, 0.2) is 0 Å². The molecule has 3 heteroatoms. The molecule has 0 spiro atoms. The van der Waals surface area contributed by atoms with Crippen LogP contribution in [0.4, 0.5) is 0 Å². The molecule has 0 saturated heterocycles. The van der Waals surface area contributed by atoms with Crippen LogP contribution in [-0.2, 0) is 0 Å². The van der Waals surface area contributed by atoms with Gasteiger partial charge in [-0.3, -0.25) is 0 Å². The summed E-state index contributed by atoms with van der Waals surface area (Å²) in [5, 5.41) is 3.71. The van der Waals surface area contributed by atoms with Crippen molar-refractivity contribution in [2.75, 3.05) is 6.54 Å². The van der Waals surface area contributed by atoms with Crippen LogP contribution in [0, 0.1) is 17.8 Å². The van der Waals surface area contributed by atoms with Gasteiger partial charge in [-0.25, -0.2) is 0 Å². The van der Waals surface area contributed by atoms with E-state index in [2.05, 4.69) is 54.2 Å². The lowest BCUT2D eigenvalue weighted by Crippen LogP contribution is -2.32. The maximum Gasteiger partial charge on any atom is 0.0701 e. The van der Waals surface area contributed by atoms with Crippen molar-refractivity contribution in [1.82, 2.24) is 5.32 Å². The maximum absolute atomic E-state index is 3.71. The van der Waals surface area contributed by atoms with Crippen molar-refractivity contribution in [3.63, 3.8) is 0 Å². The Morgan fingerprint density at radius 3 is 2.44 bits per heavy atom. The first-order valence-corrected chi connectivity index (χ1v) is 8.69. The van der Waals surface area contributed by atoms with Gasteiger partial charge >= 0.3 is 0 Å². The predicted octanol–water partition coefficient (Wildman–Crippen LogP) is 5.23. The molecule has 0 aliphatic heterocycles. The molecule has 1 fully saturated rings. The van der Waals surface area contributed by atoms with Crippen LogP contribution in [0.15, 0.2) is 15.9 Å². The average Bonchev–Trinajstić information content (AvgIpc) is 2.71. The molecule has 3 unspecified atom stereocenters. The predicted molar refractivity (Wildman–Crippen MR) is 84.1 cm³/mol. The van der Waals surface area contributed by atoms with E-state index >= 15 is 0 Å². The standard InChI is InChI=1S/C15H24BrNS/c1-4-17-15(13-5-6-14(16)18-13)12-8-10(2)7-11(3)9-12/h5-6,10-12,15,17H,4,7-9H2,1-3H3. The summed E-state index contributed by atoms with van der Waals surface area (Å²) >= 11 is 5.48. The number of hydrogen-bond acceptors (Lipinski definition) is 2. The smallest absolute Gasteiger partial charge is 0.0701 e. The summed E-state index contributed by atoms with van der Waals surface area (Å²) in [5.41, 5.74) is 0. The molecule has 1 aromatic heterocycles. The molecule has 1 N–H and O–H groups in total. The van der Waals surface area contributed by atoms with Gasteiger partial charge in [-0.15, -0.1) is 11.3 Å². The Balaban J connectivity index is 2.14. The molecule has 3 atom stereocenters. The zero-order chi connectivity index (χ0) is 13.1. The maximum atomic E-state index is 3.71. The molecule has 1 nitrogen and oxygen atoms in total. The third-order valence-corrected chi connectivity index (χ3v) is 5.72. The fourth-order valence-corrected chi connectivity index (χ4v) is 5.09. The fourth-order valence-electron chi connectivity index (χ4n) is 3.50. The minimum absolute atomic E-state index is 0.552. The summed E-state index contributed by atoms with van der Waals surface area (Å²) in [6, 6.07) is 5.02. The Morgan fingerprint density at radius 1 is 1.28 bits per heavy atom. The Labute approximate surface area is 123 Å². The van der Waals surface area contributed by atoms with Crippen LogP contribution in [0.2, 0.25) is 0 Å². The van der Waals surface area contributed by atoms with E-state index in [-0.39, 0.29) is 0 Å². The minimum Gasteiger partial charge on any atom is -0.309 e. The monoisotopic (exact) mass is 329 g/mol. The lowest BCUT2D eigenvalue weighted by Gasteiger charge is -2.36. The first kappa shape index (κ1) is 14.5. The number of rotatable bonds is 4. The fraction of sp³-hybridized carbons (Fsp3) is 0.733. The summed E-state index contributed by atoms with van der Waals surface area (Å²) in [6.45, 7) is 8.09. The topological polar surface area (TPSA) is 12.0 Å². The highest BCUT2D eigenvalue weighted by molar-refractivity contribution is 9.11. The number of hydrogen-bond donors (Lipinski definition) is 1. The number of nitrogens with one attached hydrogen (secondary N) is 1. The van der Waals surface area contributed by atoms with Crippen LogP contribution in [-0.4, -0.2) is 6.54 Å². The van der Waals surface area contributed by atoms with Gasteiger partial charge in [0.25, 0.3) is 0 Å². The Bertz CT molecular complexity index is 366. The van der Waals surface area contributed by atoms with Gasteiger partial charge in [0.05, 0.1) is 3.79 Å². The van der Waals surface area contributed by atoms with Gasteiger partial charge in [0.1, 0.15) is 0 Å². The van der Waals surface area contributed by atoms with E-state index in [0.717, 1.165) is 24.3 Å². The largest absolute Gasteiger partial charge is 0.309 e. The molecule has 18 heavy (non-hydrogen) atoms. The zero-order valence-corrected chi connectivity index (χ0v) is 14.0. The van der Waals surface area contributed by atoms with Gasteiger partial charge in [-0.1, -0.05) is 20.8 Å². The van der Waals surface area contributed by atoms with Crippen molar-refractivity contribution >= 4 is 27.3 Å². The van der Waals surface area contributed by atoms with E-state index in [9.17, 15) is 0 Å². The summed E-state index contributed by atoms with van der Waals surface area (Å²) in [4.78, 5) is 1.50. The second-order valence-electron chi connectivity index (χ2n) is 5.85. The Morgan fingerprint density at radius 2 is 1.94 bits per heavy atom. The molecule has 1 saturated carbocycles. The van der Waals surface area contributed by atoms with Crippen molar-refractivity contribution in [3.05, 3.63) is 20.8 Å². The third-order valence-electron chi connectivity index (χ3n) is 4.01. The Hall–Kier alpha value is 0.140. The van der Waals surface area contributed by atoms with Crippen LogP contribution in [0.25, 0.3) is 0 Å². The van der Waals surface area contributed by atoms with Gasteiger partial charge in [0, 0.05) is 10.9 Å². The second kappa shape index (κ2) is 6.53. The summed E-state index contributed by atoms with van der Waals surface area (Å²) in [6.07, 6.45) is 4.15. The highest BCUT2D eigenvalue weighted by Gasteiger charge is 2.31. The van der Waals surface area contributed by atoms with Crippen molar-refractivity contribution in [3.8, 4) is 0 Å². The second-order valence-corrected chi connectivity index (χ2v) is 8.35. The molecule has 1 aliphatic rings. The first-order valence-electron chi connectivity index (χ1n) is 7.08. The van der Waals surface area contributed by atoms with E-state index in [1.165, 1.54) is 27.9 Å². The quantitative estimate of drug-likeness (QED) is 0.797. The van der Waals surface area contributed by atoms with E-state index in [1.807, 2.05) is 11.3 Å². The van der Waals surface area contributed by atoms with Crippen LogP contribution in [0.3, 0.4) is 0 Å². The average molecular weight is 330 g/mol. The van der Waals surface area contributed by atoms with E-state index in [0.29, 0.717) is 6.04 Å². The Kier molecular flexibility index (Phi) is 5.28. The molecule has 0 amide bonds. The molecule has 102 valence electrons. The molecule has 1 aliphatic carbocycles. The van der Waals surface area contributed by atoms with Crippen LogP contribution in [0.1, 0.15) is 51.0 Å². The lowest BCUT2D eigenvalue weighted by molar-refractivity contribution is 0.179. The first-order chi connectivity index (χ1) is 8.60. The lowest BCUT2D eigenvalue weighted by atomic mass is 9.73. The SMILES string of the molecule is CCNC(c1ccc(Br)s1)C1CC(C)CC(C)C1. The molecular formula is C15H24BrNS. The normalized spacial score (nSPS) is 30.3. The van der Waals surface area contributed by atoms with E-state index in [1.54, 1.807) is 0 Å². The summed E-state index contributed by atoms with van der Waals surface area (Å²) < 4.78 is 1.25. The van der Waals surface area contributed by atoms with Crippen molar-refractivity contribution in [1.29, 1.82) is 0 Å². The zero-order valence-electron chi connectivity index (χ0n) is 11.6. The van der Waals surface area contributed by atoms with Crippen LogP contribution >= 0.6 is 27.3 Å². The van der Waals surface area contributed by atoms with Gasteiger partial charge < -0.3 is 5.32 Å². The van der Waals surface area contributed by atoms with Gasteiger partial charge in [-0.05, 0) is 71.6 Å². The molecule has 0 bridgehead atoms. The highest BCUT2D eigenvalue weighted by atomic mass is 79.9. The molecular weight excluding hydrogens is 306 g/mol. The van der Waals surface area contributed by atoms with Gasteiger partial charge in [-0.2, -0.15) is 0 Å². The molecule has 0 aromatic carbocycles. The van der Waals surface area contributed by atoms with Crippen molar-refractivity contribution in [2.45, 2.75) is 46.1 Å². The van der Waals surface area contributed by atoms with E-state index in [4.69, 9.17) is 0 Å². The van der Waals surface area contributed by atoms with Crippen molar-refractivity contribution in [2.24, 2.45) is 17.8 Å². The summed E-state index contributed by atoms with van der Waals surface area (Å²) in [5.74, 6) is 2.56. The summed E-state index contributed by atoms with van der Waals surface area (Å²) in [7, 11) is 0. The number of thiophene rings is 1. The number of halogens is 1. The van der Waals surface area contributed by atoms with Crippen molar-refractivity contribution < 1.29 is 0 Å². The minimum atomic E-state index is 0.552. The third kappa shape index (κ3) is 3.58. The molecule has 2 rings (SSSR count). The molecule has 1 heterocycles. The molecule has 0 radical (unpaired) electrons. The van der Waals surface area contributed by atoms with Crippen LogP contribution in [0.5, 0.6) is 0 Å². The highest BCUT2D eigenvalue weighted by Crippen LogP contribution is 2.41. The van der Waals surface area contributed by atoms with Gasteiger partial charge in [0.2, 0.25) is 0 Å². The molecule has 1 aromatic rings.